The molecule has 1 amide bonds. The predicted molar refractivity (Wildman–Crippen MR) is 126 cm³/mol. The summed E-state index contributed by atoms with van der Waals surface area (Å²) in [4.78, 5) is 29.7. The van der Waals surface area contributed by atoms with Crippen molar-refractivity contribution in [2.24, 2.45) is 10.9 Å². The maximum atomic E-state index is 14.0. The number of carbonyl (C=O) groups excluding carboxylic acids is 1. The van der Waals surface area contributed by atoms with E-state index in [1.54, 1.807) is 4.57 Å². The molecule has 2 aliphatic heterocycles. The van der Waals surface area contributed by atoms with Crippen LogP contribution in [0.1, 0.15) is 42.5 Å². The van der Waals surface area contributed by atoms with Crippen molar-refractivity contribution in [2.45, 2.75) is 39.5 Å². The second-order valence-electron chi connectivity index (χ2n) is 9.27. The van der Waals surface area contributed by atoms with E-state index in [0.717, 1.165) is 24.4 Å². The van der Waals surface area contributed by atoms with E-state index in [1.165, 1.54) is 17.0 Å². The van der Waals surface area contributed by atoms with Crippen LogP contribution in [0.15, 0.2) is 41.5 Å². The van der Waals surface area contributed by atoms with Gasteiger partial charge < -0.3 is 4.57 Å². The molecule has 0 radical (unpaired) electrons. The zero-order chi connectivity index (χ0) is 26.6. The zero-order valence-corrected chi connectivity index (χ0v) is 20.2. The van der Waals surface area contributed by atoms with Gasteiger partial charge in [0.2, 0.25) is 5.96 Å². The number of pyridine rings is 1. The molecule has 2 aliphatic rings. The number of nitrogens with zero attached hydrogens (tertiary/aromatic N) is 6. The molecule has 0 saturated carbocycles. The van der Waals surface area contributed by atoms with Crippen molar-refractivity contribution in [3.05, 3.63) is 65.1 Å². The van der Waals surface area contributed by atoms with Crippen LogP contribution in [0.25, 0.3) is 11.4 Å². The van der Waals surface area contributed by atoms with Gasteiger partial charge in [-0.15, -0.1) is 0 Å². The van der Waals surface area contributed by atoms with E-state index in [9.17, 15) is 26.7 Å². The van der Waals surface area contributed by atoms with Crippen LogP contribution in [0, 0.1) is 17.6 Å². The summed E-state index contributed by atoms with van der Waals surface area (Å²) in [6.45, 7) is 6.62. The molecule has 1 aromatic carbocycles. The number of amides is 1. The van der Waals surface area contributed by atoms with Crippen LogP contribution < -0.4 is 4.90 Å². The van der Waals surface area contributed by atoms with Gasteiger partial charge in [-0.1, -0.05) is 19.9 Å². The molecule has 0 spiro atoms. The number of hydrogen-bond acceptors (Lipinski definition) is 5. The molecule has 12 heteroatoms. The first-order chi connectivity index (χ1) is 17.5. The number of halogens is 5. The second kappa shape index (κ2) is 8.93. The third kappa shape index (κ3) is 4.23. The number of carbonyl (C=O) groups is 1. The van der Waals surface area contributed by atoms with Gasteiger partial charge in [-0.05, 0) is 42.7 Å². The van der Waals surface area contributed by atoms with Crippen LogP contribution in [-0.4, -0.2) is 50.4 Å². The summed E-state index contributed by atoms with van der Waals surface area (Å²) in [6.07, 6.45) is -3.58. The van der Waals surface area contributed by atoms with E-state index < -0.39 is 29.4 Å². The maximum absolute atomic E-state index is 14.0. The van der Waals surface area contributed by atoms with E-state index in [2.05, 4.69) is 9.97 Å². The number of aliphatic imine (C=N–C) groups is 1. The monoisotopic (exact) mass is 518 g/mol. The SMILES string of the molecule is CCN1C(=O)c2nc(-c3ccc(C(F)(F)F)nc3)n(Cc3ccc(F)c(F)c3)c2N2C[C@@H](C(C)C)N=C12. The summed E-state index contributed by atoms with van der Waals surface area (Å²) in [5, 5.41) is 0. The van der Waals surface area contributed by atoms with Gasteiger partial charge in [0.25, 0.3) is 5.91 Å². The topological polar surface area (TPSA) is 66.6 Å². The highest BCUT2D eigenvalue weighted by atomic mass is 19.4. The van der Waals surface area contributed by atoms with Gasteiger partial charge in [0.1, 0.15) is 17.3 Å². The number of hydrogen-bond donors (Lipinski definition) is 0. The molecular formula is C25H23F5N6O. The highest BCUT2D eigenvalue weighted by molar-refractivity contribution is 6.18. The number of rotatable bonds is 5. The van der Waals surface area contributed by atoms with Crippen molar-refractivity contribution in [3.63, 3.8) is 0 Å². The highest BCUT2D eigenvalue weighted by Crippen LogP contribution is 2.38. The van der Waals surface area contributed by atoms with Crippen LogP contribution in [0.3, 0.4) is 0 Å². The number of aromatic nitrogens is 3. The molecule has 1 atom stereocenters. The van der Waals surface area contributed by atoms with Crippen molar-refractivity contribution in [2.75, 3.05) is 18.0 Å². The van der Waals surface area contributed by atoms with Crippen LogP contribution in [-0.2, 0) is 12.7 Å². The summed E-state index contributed by atoms with van der Waals surface area (Å²) in [5.41, 5.74) is -0.355. The minimum Gasteiger partial charge on any atom is -0.305 e. The molecule has 194 valence electrons. The van der Waals surface area contributed by atoms with E-state index in [0.29, 0.717) is 30.4 Å². The van der Waals surface area contributed by atoms with Crippen molar-refractivity contribution >= 4 is 17.7 Å². The number of anilines is 1. The van der Waals surface area contributed by atoms with Gasteiger partial charge in [-0.25, -0.2) is 18.8 Å². The van der Waals surface area contributed by atoms with Crippen LogP contribution in [0.2, 0.25) is 0 Å². The average Bonchev–Trinajstić information content (AvgIpc) is 3.44. The zero-order valence-electron chi connectivity index (χ0n) is 20.2. The quantitative estimate of drug-likeness (QED) is 0.448. The van der Waals surface area contributed by atoms with Gasteiger partial charge >= 0.3 is 6.18 Å². The number of fused-ring (bicyclic) bond motifs is 3. The Morgan fingerprint density at radius 3 is 2.46 bits per heavy atom. The first kappa shape index (κ1) is 24.8. The lowest BCUT2D eigenvalue weighted by Gasteiger charge is -2.33. The fourth-order valence-corrected chi connectivity index (χ4v) is 4.53. The molecule has 3 aromatic rings. The highest BCUT2D eigenvalue weighted by Gasteiger charge is 2.44. The Kier molecular flexibility index (Phi) is 5.99. The van der Waals surface area contributed by atoms with Crippen molar-refractivity contribution in [1.82, 2.24) is 19.4 Å². The molecule has 0 aliphatic carbocycles. The normalized spacial score (nSPS) is 17.4. The van der Waals surface area contributed by atoms with Gasteiger partial charge in [0.15, 0.2) is 17.3 Å². The van der Waals surface area contributed by atoms with Crippen molar-refractivity contribution in [1.29, 1.82) is 0 Å². The first-order valence-electron chi connectivity index (χ1n) is 11.7. The van der Waals surface area contributed by atoms with E-state index in [4.69, 9.17) is 4.99 Å². The molecule has 37 heavy (non-hydrogen) atoms. The summed E-state index contributed by atoms with van der Waals surface area (Å²) in [5.74, 6) is -1.24. The Bertz CT molecular complexity index is 1400. The Balaban J connectivity index is 1.69. The largest absolute Gasteiger partial charge is 0.433 e. The summed E-state index contributed by atoms with van der Waals surface area (Å²) in [7, 11) is 0. The Morgan fingerprint density at radius 2 is 1.86 bits per heavy atom. The smallest absolute Gasteiger partial charge is 0.305 e. The van der Waals surface area contributed by atoms with Crippen LogP contribution in [0.4, 0.5) is 27.8 Å². The average molecular weight is 518 g/mol. The van der Waals surface area contributed by atoms with Crippen molar-refractivity contribution < 1.29 is 26.7 Å². The van der Waals surface area contributed by atoms with E-state index >= 15 is 0 Å². The molecule has 5 rings (SSSR count). The Hall–Kier alpha value is -3.83. The fraction of sp³-hybridized carbons (Fsp3) is 0.360. The first-order valence-corrected chi connectivity index (χ1v) is 11.7. The standard InChI is InChI=1S/C25H23F5N6O/c1-4-34-23(37)20-22(36-12-18(13(2)3)32-24(34)36)35(11-14-5-7-16(26)17(27)9-14)21(33-20)15-6-8-19(31-10-15)25(28,29)30/h5-10,13,18H,4,11-12H2,1-3H3/t18-/m0/s1. The fourth-order valence-electron chi connectivity index (χ4n) is 4.53. The third-order valence-electron chi connectivity index (χ3n) is 6.50. The molecule has 0 N–H and O–H groups in total. The molecular weight excluding hydrogens is 495 g/mol. The van der Waals surface area contributed by atoms with E-state index in [-0.39, 0.29) is 35.6 Å². The number of imidazole rings is 1. The second-order valence-corrected chi connectivity index (χ2v) is 9.27. The summed E-state index contributed by atoms with van der Waals surface area (Å²) < 4.78 is 68.6. The minimum atomic E-state index is -4.62. The predicted octanol–water partition coefficient (Wildman–Crippen LogP) is 4.97. The lowest BCUT2D eigenvalue weighted by molar-refractivity contribution is -0.141. The van der Waals surface area contributed by atoms with Crippen molar-refractivity contribution in [3.8, 4) is 11.4 Å². The third-order valence-corrected chi connectivity index (χ3v) is 6.50. The summed E-state index contributed by atoms with van der Waals surface area (Å²) in [6, 6.07) is 5.39. The number of alkyl halides is 3. The van der Waals surface area contributed by atoms with Gasteiger partial charge in [-0.3, -0.25) is 19.6 Å². The molecule has 0 bridgehead atoms. The molecule has 7 nitrogen and oxygen atoms in total. The Morgan fingerprint density at radius 1 is 1.11 bits per heavy atom. The van der Waals surface area contributed by atoms with Crippen LogP contribution >= 0.6 is 0 Å². The number of guanidine groups is 1. The van der Waals surface area contributed by atoms with Gasteiger partial charge in [-0.2, -0.15) is 13.2 Å². The minimum absolute atomic E-state index is 0.0224. The van der Waals surface area contributed by atoms with Crippen LogP contribution in [0.5, 0.6) is 0 Å². The molecule has 0 saturated heterocycles. The lowest BCUT2D eigenvalue weighted by Crippen LogP contribution is -2.50. The summed E-state index contributed by atoms with van der Waals surface area (Å²) >= 11 is 0. The Labute approximate surface area is 209 Å². The lowest BCUT2D eigenvalue weighted by atomic mass is 10.1. The molecule has 4 heterocycles. The molecule has 0 fully saturated rings. The van der Waals surface area contributed by atoms with Gasteiger partial charge in [0, 0.05) is 18.3 Å². The number of benzene rings is 1. The molecule has 2 aromatic heterocycles. The molecule has 0 unspecified atom stereocenters. The maximum Gasteiger partial charge on any atom is 0.433 e. The van der Waals surface area contributed by atoms with Gasteiger partial charge in [0.05, 0.1) is 19.1 Å². The van der Waals surface area contributed by atoms with E-state index in [1.807, 2.05) is 25.7 Å².